The molecule has 1 N–H and O–H groups in total. The Bertz CT molecular complexity index is 338. The van der Waals surface area contributed by atoms with E-state index in [1.807, 2.05) is 12.1 Å². The first kappa shape index (κ1) is 11.4. The highest BCUT2D eigenvalue weighted by Gasteiger charge is 2.28. The van der Waals surface area contributed by atoms with E-state index >= 15 is 0 Å². The van der Waals surface area contributed by atoms with Crippen molar-refractivity contribution < 1.29 is 9.47 Å². The van der Waals surface area contributed by atoms with Gasteiger partial charge in [-0.05, 0) is 18.9 Å². The van der Waals surface area contributed by atoms with Crippen molar-refractivity contribution in [1.29, 1.82) is 0 Å². The van der Waals surface area contributed by atoms with Crippen LogP contribution < -0.4 is 10.1 Å². The molecule has 1 fully saturated rings. The van der Waals surface area contributed by atoms with E-state index in [2.05, 4.69) is 10.3 Å². The van der Waals surface area contributed by atoms with Crippen LogP contribution in [0.25, 0.3) is 0 Å². The van der Waals surface area contributed by atoms with Crippen molar-refractivity contribution in [2.75, 3.05) is 14.2 Å². The van der Waals surface area contributed by atoms with E-state index < -0.39 is 0 Å². The summed E-state index contributed by atoms with van der Waals surface area (Å²) in [5.74, 6) is 0.706. The smallest absolute Gasteiger partial charge is 0.217 e. The molecule has 1 saturated carbocycles. The van der Waals surface area contributed by atoms with Crippen LogP contribution >= 0.6 is 0 Å². The molecule has 0 atom stereocenters. The fraction of sp³-hybridized carbons (Fsp3) is 0.583. The molecule has 0 saturated heterocycles. The molecule has 1 aliphatic carbocycles. The van der Waals surface area contributed by atoms with Crippen LogP contribution in [-0.4, -0.2) is 31.3 Å². The van der Waals surface area contributed by atoms with E-state index in [1.54, 1.807) is 20.4 Å². The number of pyridine rings is 1. The van der Waals surface area contributed by atoms with Crippen molar-refractivity contribution in [2.45, 2.75) is 31.5 Å². The molecular formula is C12H18N2O2. The number of rotatable bonds is 5. The molecule has 4 nitrogen and oxygen atoms in total. The molecule has 1 heterocycles. The minimum atomic E-state index is 0.438. The zero-order valence-electron chi connectivity index (χ0n) is 9.77. The Morgan fingerprint density at radius 2 is 2.25 bits per heavy atom. The van der Waals surface area contributed by atoms with Crippen LogP contribution in [0.3, 0.4) is 0 Å². The van der Waals surface area contributed by atoms with E-state index in [0.717, 1.165) is 24.9 Å². The van der Waals surface area contributed by atoms with Gasteiger partial charge in [0.15, 0.2) is 0 Å². The molecule has 88 valence electrons. The highest BCUT2D eigenvalue weighted by atomic mass is 16.5. The molecule has 4 heteroatoms. The molecule has 1 aromatic heterocycles. The van der Waals surface area contributed by atoms with Crippen molar-refractivity contribution >= 4 is 0 Å². The van der Waals surface area contributed by atoms with Crippen LogP contribution in [0, 0.1) is 0 Å². The summed E-state index contributed by atoms with van der Waals surface area (Å²) < 4.78 is 10.4. The average molecular weight is 222 g/mol. The summed E-state index contributed by atoms with van der Waals surface area (Å²) in [4.78, 5) is 4.16. The zero-order chi connectivity index (χ0) is 11.4. The van der Waals surface area contributed by atoms with Crippen LogP contribution in [0.15, 0.2) is 18.3 Å². The predicted molar refractivity (Wildman–Crippen MR) is 61.4 cm³/mol. The number of aromatic nitrogens is 1. The average Bonchev–Trinajstić information content (AvgIpc) is 2.28. The Balaban J connectivity index is 1.81. The lowest BCUT2D eigenvalue weighted by atomic mass is 9.89. The summed E-state index contributed by atoms with van der Waals surface area (Å²) in [6, 6.07) is 4.53. The van der Waals surface area contributed by atoms with Crippen LogP contribution in [0.2, 0.25) is 0 Å². The summed E-state index contributed by atoms with van der Waals surface area (Å²) >= 11 is 0. The summed E-state index contributed by atoms with van der Waals surface area (Å²) in [6.45, 7) is 0.804. The molecule has 1 aliphatic rings. The van der Waals surface area contributed by atoms with Crippen molar-refractivity contribution in [2.24, 2.45) is 0 Å². The van der Waals surface area contributed by atoms with Gasteiger partial charge in [0.25, 0.3) is 0 Å². The van der Waals surface area contributed by atoms with Gasteiger partial charge in [-0.1, -0.05) is 6.07 Å². The Hall–Kier alpha value is -1.13. The maximum Gasteiger partial charge on any atom is 0.217 e. The lowest BCUT2D eigenvalue weighted by Gasteiger charge is -2.34. The molecule has 0 radical (unpaired) electrons. The minimum absolute atomic E-state index is 0.438. The monoisotopic (exact) mass is 222 g/mol. The third kappa shape index (κ3) is 2.51. The van der Waals surface area contributed by atoms with Gasteiger partial charge in [-0.3, -0.25) is 0 Å². The van der Waals surface area contributed by atoms with Gasteiger partial charge >= 0.3 is 0 Å². The molecule has 0 spiro atoms. The molecule has 0 unspecified atom stereocenters. The van der Waals surface area contributed by atoms with Crippen LogP contribution in [0.1, 0.15) is 18.4 Å². The van der Waals surface area contributed by atoms with Gasteiger partial charge in [-0.25, -0.2) is 4.98 Å². The first-order valence-corrected chi connectivity index (χ1v) is 5.57. The van der Waals surface area contributed by atoms with Gasteiger partial charge in [-0.15, -0.1) is 0 Å². The van der Waals surface area contributed by atoms with Crippen molar-refractivity contribution in [3.8, 4) is 5.88 Å². The summed E-state index contributed by atoms with van der Waals surface area (Å²) in [5.41, 5.74) is 1.10. The normalized spacial score (nSPS) is 23.9. The number of nitrogens with zero attached hydrogens (tertiary/aromatic N) is 1. The lowest BCUT2D eigenvalue weighted by molar-refractivity contribution is 0.0169. The Kier molecular flexibility index (Phi) is 3.74. The summed E-state index contributed by atoms with van der Waals surface area (Å²) in [6.07, 6.45) is 4.37. The second-order valence-corrected chi connectivity index (χ2v) is 4.08. The van der Waals surface area contributed by atoms with E-state index in [-0.39, 0.29) is 0 Å². The quantitative estimate of drug-likeness (QED) is 0.817. The second-order valence-electron chi connectivity index (χ2n) is 4.08. The molecular weight excluding hydrogens is 204 g/mol. The maximum atomic E-state index is 5.24. The zero-order valence-corrected chi connectivity index (χ0v) is 9.77. The SMILES string of the molecule is COc1ncccc1CNC1CC(OC)C1. The van der Waals surface area contributed by atoms with E-state index in [4.69, 9.17) is 9.47 Å². The van der Waals surface area contributed by atoms with Gasteiger partial charge in [0.2, 0.25) is 5.88 Å². The molecule has 0 aromatic carbocycles. The predicted octanol–water partition coefficient (Wildman–Crippen LogP) is 1.36. The number of methoxy groups -OCH3 is 2. The first-order valence-electron chi connectivity index (χ1n) is 5.57. The topological polar surface area (TPSA) is 43.4 Å². The number of ether oxygens (including phenoxy) is 2. The fourth-order valence-electron chi connectivity index (χ4n) is 1.92. The van der Waals surface area contributed by atoms with Gasteiger partial charge in [0.1, 0.15) is 0 Å². The molecule has 16 heavy (non-hydrogen) atoms. The summed E-state index contributed by atoms with van der Waals surface area (Å²) in [5, 5.41) is 3.47. The number of hydrogen-bond donors (Lipinski definition) is 1. The van der Waals surface area contributed by atoms with Gasteiger partial charge in [-0.2, -0.15) is 0 Å². The maximum absolute atomic E-state index is 5.24. The van der Waals surface area contributed by atoms with Gasteiger partial charge < -0.3 is 14.8 Å². The first-order chi connectivity index (χ1) is 7.83. The molecule has 1 aromatic rings. The van der Waals surface area contributed by atoms with E-state index in [1.165, 1.54) is 0 Å². The second kappa shape index (κ2) is 5.27. The molecule has 0 amide bonds. The number of hydrogen-bond acceptors (Lipinski definition) is 4. The summed E-state index contributed by atoms with van der Waals surface area (Å²) in [7, 11) is 3.42. The highest BCUT2D eigenvalue weighted by molar-refractivity contribution is 5.25. The van der Waals surface area contributed by atoms with Gasteiger partial charge in [0, 0.05) is 31.5 Å². The standard InChI is InChI=1S/C12H18N2O2/c1-15-11-6-10(7-11)14-8-9-4-3-5-13-12(9)16-2/h3-5,10-11,14H,6-8H2,1-2H3. The van der Waals surface area contributed by atoms with Crippen molar-refractivity contribution in [3.05, 3.63) is 23.9 Å². The third-order valence-electron chi connectivity index (χ3n) is 3.05. The van der Waals surface area contributed by atoms with Crippen LogP contribution in [-0.2, 0) is 11.3 Å². The molecule has 0 aliphatic heterocycles. The molecule has 2 rings (SSSR count). The van der Waals surface area contributed by atoms with E-state index in [0.29, 0.717) is 18.0 Å². The minimum Gasteiger partial charge on any atom is -0.481 e. The Morgan fingerprint density at radius 3 is 2.94 bits per heavy atom. The van der Waals surface area contributed by atoms with Crippen LogP contribution in [0.4, 0.5) is 0 Å². The van der Waals surface area contributed by atoms with Crippen molar-refractivity contribution in [1.82, 2.24) is 10.3 Å². The Labute approximate surface area is 96.0 Å². The van der Waals surface area contributed by atoms with Crippen molar-refractivity contribution in [3.63, 3.8) is 0 Å². The third-order valence-corrected chi connectivity index (χ3v) is 3.05. The number of nitrogens with one attached hydrogen (secondary N) is 1. The highest BCUT2D eigenvalue weighted by Crippen LogP contribution is 2.23. The fourth-order valence-corrected chi connectivity index (χ4v) is 1.92. The lowest BCUT2D eigenvalue weighted by Crippen LogP contribution is -2.44. The largest absolute Gasteiger partial charge is 0.481 e. The van der Waals surface area contributed by atoms with E-state index in [9.17, 15) is 0 Å². The van der Waals surface area contributed by atoms with Crippen LogP contribution in [0.5, 0.6) is 5.88 Å². The molecule has 0 bridgehead atoms. The Morgan fingerprint density at radius 1 is 1.44 bits per heavy atom. The van der Waals surface area contributed by atoms with Gasteiger partial charge in [0.05, 0.1) is 13.2 Å².